The van der Waals surface area contributed by atoms with Gasteiger partial charge in [0.15, 0.2) is 0 Å². The Labute approximate surface area is 184 Å². The fraction of sp³-hybridized carbons (Fsp3) is 0.957. The molecule has 5 rings (SSSR count). The molecule has 0 unspecified atom stereocenters. The van der Waals surface area contributed by atoms with E-state index in [2.05, 4.69) is 10.6 Å². The number of piperidine rings is 1. The van der Waals surface area contributed by atoms with Gasteiger partial charge in [-0.25, -0.2) is 0 Å². The molecule has 178 valence electrons. The molecule has 4 bridgehead atoms. The first-order valence-electron chi connectivity index (χ1n) is 12.2. The quantitative estimate of drug-likeness (QED) is 0.262. The number of rotatable bonds is 10. The number of hydrogen-bond acceptors (Lipinski definition) is 7. The lowest BCUT2D eigenvalue weighted by Crippen LogP contribution is -2.69. The molecule has 0 aromatic heterocycles. The number of amides is 1. The number of carbonyl (C=O) groups excluding carboxylic acids is 1. The Bertz CT molecular complexity index is 580. The summed E-state index contributed by atoms with van der Waals surface area (Å²) in [5, 5.41) is 44.5. The Morgan fingerprint density at radius 1 is 0.935 bits per heavy atom. The summed E-state index contributed by atoms with van der Waals surface area (Å²) in [6.45, 7) is 1.72. The van der Waals surface area contributed by atoms with Gasteiger partial charge < -0.3 is 30.5 Å². The van der Waals surface area contributed by atoms with Crippen LogP contribution in [0.1, 0.15) is 57.8 Å². The molecule has 5 aliphatic rings. The minimum Gasteiger partial charge on any atom is -0.395 e. The molecule has 4 aliphatic carbocycles. The van der Waals surface area contributed by atoms with Crippen molar-refractivity contribution in [1.82, 2.24) is 10.6 Å². The van der Waals surface area contributed by atoms with E-state index < -0.39 is 42.9 Å². The Balaban J connectivity index is 1.08. The second-order valence-corrected chi connectivity index (χ2v) is 10.7. The highest BCUT2D eigenvalue weighted by atomic mass is 16.5. The average molecular weight is 441 g/mol. The van der Waals surface area contributed by atoms with Crippen molar-refractivity contribution in [3.63, 3.8) is 0 Å². The van der Waals surface area contributed by atoms with Crippen LogP contribution in [-0.2, 0) is 9.53 Å². The fourth-order valence-corrected chi connectivity index (χ4v) is 7.04. The Morgan fingerprint density at radius 2 is 1.58 bits per heavy atom. The summed E-state index contributed by atoms with van der Waals surface area (Å²) in [6.07, 6.45) is 6.99. The Morgan fingerprint density at radius 3 is 2.19 bits per heavy atom. The van der Waals surface area contributed by atoms with Crippen molar-refractivity contribution in [2.75, 3.05) is 26.4 Å². The van der Waals surface area contributed by atoms with Crippen molar-refractivity contribution in [3.8, 4) is 0 Å². The molecule has 6 N–H and O–H groups in total. The average Bonchev–Trinajstić information content (AvgIpc) is 2.73. The zero-order chi connectivity index (χ0) is 22.0. The van der Waals surface area contributed by atoms with Crippen molar-refractivity contribution in [1.29, 1.82) is 0 Å². The van der Waals surface area contributed by atoms with Crippen molar-refractivity contribution < 1.29 is 30.0 Å². The maximum Gasteiger partial charge on any atom is 0.239 e. The van der Waals surface area contributed by atoms with Gasteiger partial charge in [-0.3, -0.25) is 10.1 Å². The van der Waals surface area contributed by atoms with Crippen LogP contribution in [0.15, 0.2) is 0 Å². The van der Waals surface area contributed by atoms with Gasteiger partial charge in [0.1, 0.15) is 24.4 Å². The van der Waals surface area contributed by atoms with E-state index in [0.29, 0.717) is 12.0 Å². The normalized spacial score (nSPS) is 43.9. The number of nitrogens with one attached hydrogen (secondary N) is 2. The largest absolute Gasteiger partial charge is 0.395 e. The number of aliphatic hydroxyl groups is 4. The van der Waals surface area contributed by atoms with Gasteiger partial charge in [0.05, 0.1) is 19.3 Å². The maximum atomic E-state index is 12.3. The van der Waals surface area contributed by atoms with Crippen LogP contribution in [0.25, 0.3) is 0 Å². The molecule has 1 aliphatic heterocycles. The first-order chi connectivity index (χ1) is 14.9. The molecule has 0 aromatic rings. The highest BCUT2D eigenvalue weighted by Gasteiger charge is 2.51. The number of ether oxygens (including phenoxy) is 1. The SMILES string of the molecule is O=C(NCCCCCOCC12CC3CC(CC(C3)C1)C2)[C@H]1N[C@H](CO)[C@@H](O)[C@H](O)[C@H]1O. The van der Waals surface area contributed by atoms with Gasteiger partial charge in [-0.1, -0.05) is 0 Å². The summed E-state index contributed by atoms with van der Waals surface area (Å²) < 4.78 is 6.10. The van der Waals surface area contributed by atoms with E-state index >= 15 is 0 Å². The highest BCUT2D eigenvalue weighted by molar-refractivity contribution is 5.82. The van der Waals surface area contributed by atoms with Crippen molar-refractivity contribution >= 4 is 5.91 Å². The smallest absolute Gasteiger partial charge is 0.239 e. The van der Waals surface area contributed by atoms with E-state index in [4.69, 9.17) is 4.74 Å². The molecule has 1 saturated heterocycles. The molecule has 0 spiro atoms. The van der Waals surface area contributed by atoms with Crippen molar-refractivity contribution in [2.24, 2.45) is 23.2 Å². The molecule has 31 heavy (non-hydrogen) atoms. The van der Waals surface area contributed by atoms with E-state index in [0.717, 1.165) is 50.2 Å². The van der Waals surface area contributed by atoms with E-state index in [1.54, 1.807) is 0 Å². The number of unbranched alkanes of at least 4 members (excludes halogenated alkanes) is 2. The van der Waals surface area contributed by atoms with Crippen molar-refractivity contribution in [2.45, 2.75) is 88.2 Å². The lowest BCUT2D eigenvalue weighted by molar-refractivity contribution is -0.145. The van der Waals surface area contributed by atoms with Gasteiger partial charge >= 0.3 is 0 Å². The summed E-state index contributed by atoms with van der Waals surface area (Å²) >= 11 is 0. The number of carbonyl (C=O) groups is 1. The molecule has 1 heterocycles. The predicted octanol–water partition coefficient (Wildman–Crippen LogP) is -0.0787. The summed E-state index contributed by atoms with van der Waals surface area (Å²) in [5.41, 5.74) is 0.459. The molecule has 1 amide bonds. The second kappa shape index (κ2) is 10.0. The van der Waals surface area contributed by atoms with Crippen LogP contribution in [0.3, 0.4) is 0 Å². The molecular formula is C23H40N2O6. The summed E-state index contributed by atoms with van der Waals surface area (Å²) in [6, 6.07) is -1.90. The first-order valence-corrected chi connectivity index (χ1v) is 12.2. The Kier molecular flexibility index (Phi) is 7.56. The van der Waals surface area contributed by atoms with Gasteiger partial charge in [0.25, 0.3) is 0 Å². The molecule has 5 fully saturated rings. The van der Waals surface area contributed by atoms with Gasteiger partial charge in [-0.15, -0.1) is 0 Å². The molecular weight excluding hydrogens is 400 g/mol. The van der Waals surface area contributed by atoms with Gasteiger partial charge in [0.2, 0.25) is 5.91 Å². The number of aliphatic hydroxyl groups excluding tert-OH is 4. The van der Waals surface area contributed by atoms with Crippen LogP contribution >= 0.6 is 0 Å². The molecule has 0 radical (unpaired) electrons. The van der Waals surface area contributed by atoms with Gasteiger partial charge in [0, 0.05) is 13.2 Å². The third-order valence-corrected chi connectivity index (χ3v) is 8.16. The molecule has 4 saturated carbocycles. The molecule has 5 atom stereocenters. The molecule has 8 nitrogen and oxygen atoms in total. The zero-order valence-electron chi connectivity index (χ0n) is 18.4. The van der Waals surface area contributed by atoms with Crippen LogP contribution in [0.2, 0.25) is 0 Å². The molecule has 8 heteroatoms. The standard InChI is InChI=1S/C23H40N2O6/c26-12-17-19(27)21(29)20(28)18(25-17)22(30)24-4-2-1-3-5-31-13-23-9-14-6-15(10-23)8-16(7-14)11-23/h14-21,25-29H,1-13H2,(H,24,30)/t14?,15?,16?,17-,18+,19-,20+,21+,23?/m1/s1. The van der Waals surface area contributed by atoms with Crippen LogP contribution < -0.4 is 10.6 Å². The zero-order valence-corrected chi connectivity index (χ0v) is 18.4. The monoisotopic (exact) mass is 440 g/mol. The fourth-order valence-electron chi connectivity index (χ4n) is 7.04. The highest BCUT2D eigenvalue weighted by Crippen LogP contribution is 2.60. The minimum absolute atomic E-state index is 0.433. The maximum absolute atomic E-state index is 12.3. The van der Waals surface area contributed by atoms with E-state index in [1.165, 1.54) is 38.5 Å². The summed E-state index contributed by atoms with van der Waals surface area (Å²) in [5.74, 6) is 2.42. The van der Waals surface area contributed by atoms with E-state index in [1.807, 2.05) is 0 Å². The third-order valence-electron chi connectivity index (χ3n) is 8.16. The van der Waals surface area contributed by atoms with Gasteiger partial charge in [-0.2, -0.15) is 0 Å². The lowest BCUT2D eigenvalue weighted by Gasteiger charge is -2.56. The van der Waals surface area contributed by atoms with Crippen molar-refractivity contribution in [3.05, 3.63) is 0 Å². The van der Waals surface area contributed by atoms with Gasteiger partial charge in [-0.05, 0) is 81.0 Å². The lowest BCUT2D eigenvalue weighted by atomic mass is 9.50. The third kappa shape index (κ3) is 5.25. The van der Waals surface area contributed by atoms with E-state index in [9.17, 15) is 25.2 Å². The first kappa shape index (κ1) is 23.4. The second-order valence-electron chi connectivity index (χ2n) is 10.7. The molecule has 0 aromatic carbocycles. The van der Waals surface area contributed by atoms with Crippen LogP contribution in [0, 0.1) is 23.2 Å². The minimum atomic E-state index is -1.47. The topological polar surface area (TPSA) is 131 Å². The van der Waals surface area contributed by atoms with E-state index in [-0.39, 0.29) is 0 Å². The summed E-state index contributed by atoms with van der Waals surface area (Å²) in [7, 11) is 0. The van der Waals surface area contributed by atoms with Crippen LogP contribution in [0.4, 0.5) is 0 Å². The summed E-state index contributed by atoms with van der Waals surface area (Å²) in [4.78, 5) is 12.3. The van der Waals surface area contributed by atoms with Crippen LogP contribution in [0.5, 0.6) is 0 Å². The predicted molar refractivity (Wildman–Crippen MR) is 114 cm³/mol. The Hall–Kier alpha value is -0.770. The van der Waals surface area contributed by atoms with Crippen LogP contribution in [-0.4, -0.2) is 83.1 Å². The number of hydrogen-bond donors (Lipinski definition) is 6.